The highest BCUT2D eigenvalue weighted by Crippen LogP contribution is 2.22. The van der Waals surface area contributed by atoms with E-state index in [-0.39, 0.29) is 29.6 Å². The van der Waals surface area contributed by atoms with Crippen LogP contribution in [0.1, 0.15) is 17.5 Å². The van der Waals surface area contributed by atoms with Gasteiger partial charge in [0.2, 0.25) is 5.91 Å². The number of sulfonamides is 1. The number of hydrogen-bond acceptors (Lipinski definition) is 5. The highest BCUT2D eigenvalue weighted by Gasteiger charge is 2.29. The number of methoxy groups -OCH3 is 1. The lowest BCUT2D eigenvalue weighted by Gasteiger charge is -2.17. The van der Waals surface area contributed by atoms with Crippen molar-refractivity contribution >= 4 is 21.8 Å². The Kier molecular flexibility index (Phi) is 5.46. The number of amides is 1. The summed E-state index contributed by atoms with van der Waals surface area (Å²) in [6, 6.07) is 14.2. The van der Waals surface area contributed by atoms with Crippen molar-refractivity contribution in [3.8, 4) is 5.75 Å². The van der Waals surface area contributed by atoms with Crippen LogP contribution in [-0.4, -0.2) is 45.8 Å². The summed E-state index contributed by atoms with van der Waals surface area (Å²) >= 11 is 0. The van der Waals surface area contributed by atoms with Crippen LogP contribution in [0.4, 0.5) is 0 Å². The van der Waals surface area contributed by atoms with E-state index >= 15 is 0 Å². The molecule has 8 heteroatoms. The van der Waals surface area contributed by atoms with E-state index in [1.54, 1.807) is 37.3 Å². The molecule has 0 bridgehead atoms. The van der Waals surface area contributed by atoms with Gasteiger partial charge in [-0.05, 0) is 29.8 Å². The smallest absolute Gasteiger partial charge is 0.263 e. The van der Waals surface area contributed by atoms with Gasteiger partial charge in [-0.15, -0.1) is 0 Å². The second kappa shape index (κ2) is 7.79. The van der Waals surface area contributed by atoms with Gasteiger partial charge in [0.05, 0.1) is 18.6 Å². The van der Waals surface area contributed by atoms with Crippen LogP contribution in [0.2, 0.25) is 0 Å². The molecule has 1 aliphatic heterocycles. The first-order chi connectivity index (χ1) is 12.9. The second-order valence-electron chi connectivity index (χ2n) is 6.18. The molecule has 27 heavy (non-hydrogen) atoms. The molecule has 0 aromatic heterocycles. The predicted molar refractivity (Wildman–Crippen MR) is 102 cm³/mol. The van der Waals surface area contributed by atoms with E-state index in [1.807, 2.05) is 24.3 Å². The molecule has 2 aromatic carbocycles. The Bertz CT molecular complexity index is 969. The maximum absolute atomic E-state index is 12.3. The molecule has 1 heterocycles. The van der Waals surface area contributed by atoms with Crippen LogP contribution in [-0.2, 0) is 21.4 Å². The van der Waals surface area contributed by atoms with Gasteiger partial charge in [0.1, 0.15) is 11.6 Å². The van der Waals surface area contributed by atoms with Crippen molar-refractivity contribution < 1.29 is 17.9 Å². The lowest BCUT2D eigenvalue weighted by atomic mass is 10.2. The molecule has 142 valence electrons. The highest BCUT2D eigenvalue weighted by molar-refractivity contribution is 7.90. The van der Waals surface area contributed by atoms with Crippen LogP contribution in [0.3, 0.4) is 0 Å². The van der Waals surface area contributed by atoms with E-state index in [9.17, 15) is 13.2 Å². The van der Waals surface area contributed by atoms with Crippen molar-refractivity contribution in [3.63, 3.8) is 0 Å². The van der Waals surface area contributed by atoms with Gasteiger partial charge in [0.25, 0.3) is 10.0 Å². The first kappa shape index (κ1) is 18.9. The summed E-state index contributed by atoms with van der Waals surface area (Å²) in [7, 11) is -0.219. The molecule has 3 rings (SSSR count). The number of nitrogens with zero attached hydrogens (tertiary/aromatic N) is 2. The third-order valence-electron chi connectivity index (χ3n) is 4.26. The number of fused-ring (bicyclic) bond motifs is 1. The van der Waals surface area contributed by atoms with Gasteiger partial charge in [-0.1, -0.05) is 24.3 Å². The Morgan fingerprint density at radius 2 is 1.85 bits per heavy atom. The molecular formula is C19H21N3O4S. The SMILES string of the molecule is COc1ccc(CN(C)C(=O)CCN=C2NS(=O)(=O)c3ccccc32)cc1. The van der Waals surface area contributed by atoms with Crippen LogP contribution in [0.5, 0.6) is 5.75 Å². The first-order valence-corrected chi connectivity index (χ1v) is 9.92. The summed E-state index contributed by atoms with van der Waals surface area (Å²) in [6.07, 6.45) is 0.194. The lowest BCUT2D eigenvalue weighted by molar-refractivity contribution is -0.130. The summed E-state index contributed by atoms with van der Waals surface area (Å²) in [5, 5.41) is 0. The molecule has 2 aromatic rings. The standard InChI is InChI=1S/C19H21N3O4S/c1-22(13-14-7-9-15(26-2)10-8-14)18(23)11-12-20-19-16-5-3-4-6-17(16)27(24,25)21-19/h3-10H,11-13H2,1-2H3,(H,20,21). The summed E-state index contributed by atoms with van der Waals surface area (Å²) in [6.45, 7) is 0.687. The van der Waals surface area contributed by atoms with Gasteiger partial charge in [-0.2, -0.15) is 0 Å². The fourth-order valence-electron chi connectivity index (χ4n) is 2.80. The highest BCUT2D eigenvalue weighted by atomic mass is 32.2. The maximum atomic E-state index is 12.3. The maximum Gasteiger partial charge on any atom is 0.263 e. The topological polar surface area (TPSA) is 88.1 Å². The van der Waals surface area contributed by atoms with Crippen molar-refractivity contribution in [1.82, 2.24) is 9.62 Å². The molecule has 1 aliphatic rings. The number of amidine groups is 1. The normalized spacial score (nSPS) is 15.9. The van der Waals surface area contributed by atoms with Crippen molar-refractivity contribution in [2.24, 2.45) is 4.99 Å². The number of rotatable bonds is 6. The molecule has 0 saturated carbocycles. The minimum absolute atomic E-state index is 0.0655. The van der Waals surface area contributed by atoms with Crippen molar-refractivity contribution in [2.75, 3.05) is 20.7 Å². The minimum atomic E-state index is -3.55. The molecule has 7 nitrogen and oxygen atoms in total. The molecule has 0 atom stereocenters. The number of carbonyl (C=O) groups excluding carboxylic acids is 1. The molecule has 1 amide bonds. The Hall–Kier alpha value is -2.87. The summed E-state index contributed by atoms with van der Waals surface area (Å²) in [5.74, 6) is 0.989. The average Bonchev–Trinajstić information content (AvgIpc) is 2.93. The largest absolute Gasteiger partial charge is 0.497 e. The molecule has 0 radical (unpaired) electrons. The third kappa shape index (κ3) is 4.28. The van der Waals surface area contributed by atoms with Gasteiger partial charge in [0.15, 0.2) is 0 Å². The number of benzene rings is 2. The van der Waals surface area contributed by atoms with Crippen LogP contribution < -0.4 is 9.46 Å². The van der Waals surface area contributed by atoms with Crippen LogP contribution in [0, 0.1) is 0 Å². The predicted octanol–water partition coefficient (Wildman–Crippen LogP) is 1.78. The molecule has 0 unspecified atom stereocenters. The van der Waals surface area contributed by atoms with Crippen molar-refractivity contribution in [3.05, 3.63) is 59.7 Å². The van der Waals surface area contributed by atoms with Crippen LogP contribution in [0.25, 0.3) is 0 Å². The summed E-state index contributed by atoms with van der Waals surface area (Å²) in [5.41, 5.74) is 1.53. The molecule has 0 aliphatic carbocycles. The number of nitrogens with one attached hydrogen (secondary N) is 1. The number of aliphatic imine (C=N–C) groups is 1. The fourth-order valence-corrected chi connectivity index (χ4v) is 4.05. The van der Waals surface area contributed by atoms with Crippen molar-refractivity contribution in [1.29, 1.82) is 0 Å². The Labute approximate surface area is 158 Å². The number of ether oxygens (including phenoxy) is 1. The quantitative estimate of drug-likeness (QED) is 0.818. The zero-order valence-corrected chi connectivity index (χ0v) is 16.0. The van der Waals surface area contributed by atoms with E-state index in [2.05, 4.69) is 9.71 Å². The Balaban J connectivity index is 1.58. The van der Waals surface area contributed by atoms with Crippen LogP contribution in [0.15, 0.2) is 58.4 Å². The molecular weight excluding hydrogens is 366 g/mol. The lowest BCUT2D eigenvalue weighted by Crippen LogP contribution is -2.27. The molecule has 0 spiro atoms. The zero-order valence-electron chi connectivity index (χ0n) is 15.2. The second-order valence-corrected chi connectivity index (χ2v) is 7.83. The number of hydrogen-bond donors (Lipinski definition) is 1. The van der Waals surface area contributed by atoms with Crippen LogP contribution >= 0.6 is 0 Å². The zero-order chi connectivity index (χ0) is 19.4. The van der Waals surface area contributed by atoms with Gasteiger partial charge >= 0.3 is 0 Å². The average molecular weight is 387 g/mol. The molecule has 1 N–H and O–H groups in total. The van der Waals surface area contributed by atoms with E-state index < -0.39 is 10.0 Å². The minimum Gasteiger partial charge on any atom is -0.497 e. The van der Waals surface area contributed by atoms with E-state index in [0.29, 0.717) is 12.1 Å². The Morgan fingerprint density at radius 1 is 1.15 bits per heavy atom. The van der Waals surface area contributed by atoms with Gasteiger partial charge in [-0.25, -0.2) is 8.42 Å². The molecule has 0 fully saturated rings. The fraction of sp³-hybridized carbons (Fsp3) is 0.263. The Morgan fingerprint density at radius 3 is 2.56 bits per heavy atom. The van der Waals surface area contributed by atoms with Gasteiger partial charge in [-0.3, -0.25) is 14.5 Å². The summed E-state index contributed by atoms with van der Waals surface area (Å²) < 4.78 is 31.6. The third-order valence-corrected chi connectivity index (χ3v) is 5.66. The summed E-state index contributed by atoms with van der Waals surface area (Å²) in [4.78, 5) is 18.4. The van der Waals surface area contributed by atoms with E-state index in [0.717, 1.165) is 11.3 Å². The van der Waals surface area contributed by atoms with Crippen molar-refractivity contribution in [2.45, 2.75) is 17.9 Å². The van der Waals surface area contributed by atoms with E-state index in [4.69, 9.17) is 4.74 Å². The van der Waals surface area contributed by atoms with E-state index in [1.165, 1.54) is 6.07 Å². The number of carbonyl (C=O) groups is 1. The molecule has 0 saturated heterocycles. The van der Waals surface area contributed by atoms with Gasteiger partial charge in [0, 0.05) is 25.6 Å². The first-order valence-electron chi connectivity index (χ1n) is 8.44. The van der Waals surface area contributed by atoms with Gasteiger partial charge < -0.3 is 9.64 Å². The monoisotopic (exact) mass is 387 g/mol.